The lowest BCUT2D eigenvalue weighted by molar-refractivity contribution is -0.129. The summed E-state index contributed by atoms with van der Waals surface area (Å²) in [6.07, 6.45) is 2.96. The van der Waals surface area contributed by atoms with Gasteiger partial charge in [-0.2, -0.15) is 0 Å². The maximum absolute atomic E-state index is 12.0. The van der Waals surface area contributed by atoms with E-state index in [-0.39, 0.29) is 11.5 Å². The number of carbonyl (C=O) groups is 1. The van der Waals surface area contributed by atoms with Crippen LogP contribution in [0.5, 0.6) is 0 Å². The van der Waals surface area contributed by atoms with Crippen molar-refractivity contribution in [2.24, 2.45) is 0 Å². The van der Waals surface area contributed by atoms with Crippen molar-refractivity contribution >= 4 is 11.6 Å². The van der Waals surface area contributed by atoms with E-state index in [0.717, 1.165) is 30.5 Å². The van der Waals surface area contributed by atoms with Crippen LogP contribution in [0.2, 0.25) is 0 Å². The van der Waals surface area contributed by atoms with Crippen molar-refractivity contribution in [1.29, 1.82) is 0 Å². The van der Waals surface area contributed by atoms with Crippen molar-refractivity contribution in [3.8, 4) is 0 Å². The summed E-state index contributed by atoms with van der Waals surface area (Å²) in [6, 6.07) is 7.24. The molecule has 4 nitrogen and oxygen atoms in total. The second-order valence-corrected chi connectivity index (χ2v) is 5.26. The molecule has 104 valence electrons. The largest absolute Gasteiger partial charge is 0.389 e. The molecule has 1 aromatic carbocycles. The predicted octanol–water partition coefficient (Wildman–Crippen LogP) is 2.64. The first-order valence-electron chi connectivity index (χ1n) is 6.68. The normalized spacial score (nSPS) is 18.5. The Bertz CT molecular complexity index is 430. The predicted molar refractivity (Wildman–Crippen MR) is 73.9 cm³/mol. The Labute approximate surface area is 113 Å². The van der Waals surface area contributed by atoms with Gasteiger partial charge in [-0.3, -0.25) is 4.79 Å². The molecule has 0 heterocycles. The number of amides is 1. The van der Waals surface area contributed by atoms with Gasteiger partial charge in [0.25, 0.3) is 0 Å². The zero-order chi connectivity index (χ0) is 13.9. The fraction of sp³-hybridized carbons (Fsp3) is 0.533. The van der Waals surface area contributed by atoms with E-state index in [4.69, 9.17) is 4.74 Å². The van der Waals surface area contributed by atoms with Gasteiger partial charge in [-0.15, -0.1) is 0 Å². The van der Waals surface area contributed by atoms with Crippen molar-refractivity contribution < 1.29 is 14.6 Å². The number of aliphatic hydroxyl groups excluding tert-OH is 1. The molecule has 1 saturated carbocycles. The average molecular weight is 263 g/mol. The Morgan fingerprint density at radius 1 is 1.42 bits per heavy atom. The molecule has 0 spiro atoms. The fourth-order valence-electron chi connectivity index (χ4n) is 2.37. The van der Waals surface area contributed by atoms with Crippen LogP contribution >= 0.6 is 0 Å². The molecular weight excluding hydrogens is 242 g/mol. The molecule has 1 unspecified atom stereocenters. The SMILES string of the molecule is COC1(CC(=O)Nc2ccc(C(C)O)cc2)CCC1. The highest BCUT2D eigenvalue weighted by Crippen LogP contribution is 2.38. The first-order valence-corrected chi connectivity index (χ1v) is 6.68. The zero-order valence-electron chi connectivity index (χ0n) is 11.5. The van der Waals surface area contributed by atoms with E-state index < -0.39 is 6.10 Å². The number of ether oxygens (including phenoxy) is 1. The Balaban J connectivity index is 1.91. The van der Waals surface area contributed by atoms with Crippen LogP contribution in [0.3, 0.4) is 0 Å². The number of hydrogen-bond acceptors (Lipinski definition) is 3. The van der Waals surface area contributed by atoms with Crippen LogP contribution in [0.4, 0.5) is 5.69 Å². The molecule has 0 bridgehead atoms. The van der Waals surface area contributed by atoms with Gasteiger partial charge in [0.15, 0.2) is 0 Å². The first kappa shape index (κ1) is 14.0. The standard InChI is InChI=1S/C15H21NO3/c1-11(17)12-4-6-13(7-5-12)16-14(18)10-15(19-2)8-3-9-15/h4-7,11,17H,3,8-10H2,1-2H3,(H,16,18). The highest BCUT2D eigenvalue weighted by molar-refractivity contribution is 5.91. The van der Waals surface area contributed by atoms with E-state index >= 15 is 0 Å². The molecule has 1 atom stereocenters. The molecule has 1 fully saturated rings. The van der Waals surface area contributed by atoms with Gasteiger partial charge in [-0.05, 0) is 43.9 Å². The number of hydrogen-bond donors (Lipinski definition) is 2. The summed E-state index contributed by atoms with van der Waals surface area (Å²) in [6.45, 7) is 1.71. The van der Waals surface area contributed by atoms with Crippen molar-refractivity contribution in [3.05, 3.63) is 29.8 Å². The minimum Gasteiger partial charge on any atom is -0.389 e. The summed E-state index contributed by atoms with van der Waals surface area (Å²) in [7, 11) is 1.67. The molecule has 19 heavy (non-hydrogen) atoms. The van der Waals surface area contributed by atoms with E-state index in [1.807, 2.05) is 12.1 Å². The lowest BCUT2D eigenvalue weighted by Gasteiger charge is -2.39. The van der Waals surface area contributed by atoms with Gasteiger partial charge < -0.3 is 15.2 Å². The van der Waals surface area contributed by atoms with E-state index in [1.165, 1.54) is 0 Å². The molecule has 0 aliphatic heterocycles. The third kappa shape index (κ3) is 3.33. The molecule has 1 aliphatic carbocycles. The zero-order valence-corrected chi connectivity index (χ0v) is 11.5. The van der Waals surface area contributed by atoms with Crippen LogP contribution in [0.1, 0.15) is 44.3 Å². The second-order valence-electron chi connectivity index (χ2n) is 5.26. The number of anilines is 1. The summed E-state index contributed by atoms with van der Waals surface area (Å²) in [5.74, 6) is -0.0219. The van der Waals surface area contributed by atoms with E-state index in [0.29, 0.717) is 6.42 Å². The summed E-state index contributed by atoms with van der Waals surface area (Å²) < 4.78 is 5.44. The summed E-state index contributed by atoms with van der Waals surface area (Å²) in [4.78, 5) is 12.0. The number of benzene rings is 1. The molecule has 1 aliphatic rings. The monoisotopic (exact) mass is 263 g/mol. The average Bonchev–Trinajstić information content (AvgIpc) is 2.34. The van der Waals surface area contributed by atoms with Crippen molar-refractivity contribution in [2.45, 2.75) is 44.3 Å². The molecule has 0 radical (unpaired) electrons. The number of nitrogens with one attached hydrogen (secondary N) is 1. The minimum atomic E-state index is -0.489. The van der Waals surface area contributed by atoms with E-state index in [1.54, 1.807) is 26.2 Å². The summed E-state index contributed by atoms with van der Waals surface area (Å²) in [5.41, 5.74) is 1.34. The Morgan fingerprint density at radius 3 is 2.47 bits per heavy atom. The maximum Gasteiger partial charge on any atom is 0.227 e. The third-order valence-electron chi connectivity index (χ3n) is 3.86. The van der Waals surface area contributed by atoms with E-state index in [9.17, 15) is 9.90 Å². The molecule has 4 heteroatoms. The van der Waals surface area contributed by atoms with Crippen LogP contribution in [-0.2, 0) is 9.53 Å². The molecule has 2 N–H and O–H groups in total. The maximum atomic E-state index is 12.0. The molecule has 2 rings (SSSR count). The van der Waals surface area contributed by atoms with Gasteiger partial charge in [0, 0.05) is 12.8 Å². The van der Waals surface area contributed by atoms with Crippen LogP contribution in [0.25, 0.3) is 0 Å². The highest BCUT2D eigenvalue weighted by atomic mass is 16.5. The highest BCUT2D eigenvalue weighted by Gasteiger charge is 2.38. The van der Waals surface area contributed by atoms with Gasteiger partial charge in [0.1, 0.15) is 0 Å². The minimum absolute atomic E-state index is 0.0219. The van der Waals surface area contributed by atoms with Gasteiger partial charge in [-0.25, -0.2) is 0 Å². The molecule has 0 aromatic heterocycles. The van der Waals surface area contributed by atoms with E-state index in [2.05, 4.69) is 5.32 Å². The second kappa shape index (κ2) is 5.72. The van der Waals surface area contributed by atoms with Gasteiger partial charge in [-0.1, -0.05) is 12.1 Å². The number of carbonyl (C=O) groups excluding carboxylic acids is 1. The third-order valence-corrected chi connectivity index (χ3v) is 3.86. The molecule has 1 amide bonds. The first-order chi connectivity index (χ1) is 9.04. The van der Waals surface area contributed by atoms with Crippen LogP contribution in [0.15, 0.2) is 24.3 Å². The molecular formula is C15H21NO3. The van der Waals surface area contributed by atoms with Crippen LogP contribution in [-0.4, -0.2) is 23.7 Å². The van der Waals surface area contributed by atoms with Gasteiger partial charge in [0.2, 0.25) is 5.91 Å². The topological polar surface area (TPSA) is 58.6 Å². The Morgan fingerprint density at radius 2 is 2.05 bits per heavy atom. The lowest BCUT2D eigenvalue weighted by Crippen LogP contribution is -2.42. The fourth-order valence-corrected chi connectivity index (χ4v) is 2.37. The summed E-state index contributed by atoms with van der Waals surface area (Å²) >= 11 is 0. The van der Waals surface area contributed by atoms with Gasteiger partial charge >= 0.3 is 0 Å². The smallest absolute Gasteiger partial charge is 0.227 e. The van der Waals surface area contributed by atoms with Crippen molar-refractivity contribution in [1.82, 2.24) is 0 Å². The Kier molecular flexibility index (Phi) is 4.22. The quantitative estimate of drug-likeness (QED) is 0.858. The van der Waals surface area contributed by atoms with Crippen molar-refractivity contribution in [3.63, 3.8) is 0 Å². The Hall–Kier alpha value is -1.39. The summed E-state index contributed by atoms with van der Waals surface area (Å²) in [5, 5.41) is 12.3. The molecule has 0 saturated heterocycles. The molecule has 1 aromatic rings. The van der Waals surface area contributed by atoms with Gasteiger partial charge in [0.05, 0.1) is 18.1 Å². The van der Waals surface area contributed by atoms with Crippen LogP contribution in [0, 0.1) is 0 Å². The number of methoxy groups -OCH3 is 1. The van der Waals surface area contributed by atoms with Crippen LogP contribution < -0.4 is 5.32 Å². The van der Waals surface area contributed by atoms with Crippen molar-refractivity contribution in [2.75, 3.05) is 12.4 Å². The number of rotatable bonds is 5. The lowest BCUT2D eigenvalue weighted by atomic mass is 9.77. The number of aliphatic hydroxyl groups is 1.